The molecule has 1 amide bonds. The first-order valence-corrected chi connectivity index (χ1v) is 9.82. The molecule has 0 radical (unpaired) electrons. The van der Waals surface area contributed by atoms with Crippen molar-refractivity contribution in [2.75, 3.05) is 18.4 Å². The highest BCUT2D eigenvalue weighted by atomic mass is 16.5. The fourth-order valence-corrected chi connectivity index (χ4v) is 2.93. The number of ether oxygens (including phenoxy) is 1. The second-order valence-corrected chi connectivity index (χ2v) is 6.93. The van der Waals surface area contributed by atoms with E-state index in [1.807, 2.05) is 51.1 Å². The van der Waals surface area contributed by atoms with E-state index in [0.717, 1.165) is 42.2 Å². The molecule has 1 atom stereocenters. The zero-order valence-electron chi connectivity index (χ0n) is 17.2. The number of carbonyl (C=O) groups is 1. The Balaban J connectivity index is 2.00. The summed E-state index contributed by atoms with van der Waals surface area (Å²) in [5, 5.41) is 2.98. The first kappa shape index (κ1) is 21.0. The van der Waals surface area contributed by atoms with Crippen LogP contribution in [-0.4, -0.2) is 30.0 Å². The SMILES string of the molecule is CC[C@@H](Oc1cc(C)ccc1C)C(=O)Nc1ccc(CN(CC)CC)cc1. The monoisotopic (exact) mass is 368 g/mol. The van der Waals surface area contributed by atoms with Gasteiger partial charge in [-0.3, -0.25) is 9.69 Å². The molecule has 0 unspecified atom stereocenters. The molecule has 0 heterocycles. The molecule has 0 saturated heterocycles. The number of nitrogens with one attached hydrogen (secondary N) is 1. The smallest absolute Gasteiger partial charge is 0.265 e. The Morgan fingerprint density at radius 2 is 1.70 bits per heavy atom. The molecule has 0 bridgehead atoms. The minimum Gasteiger partial charge on any atom is -0.480 e. The molecule has 0 saturated carbocycles. The van der Waals surface area contributed by atoms with E-state index < -0.39 is 6.10 Å². The van der Waals surface area contributed by atoms with Crippen LogP contribution >= 0.6 is 0 Å². The minimum absolute atomic E-state index is 0.116. The van der Waals surface area contributed by atoms with Gasteiger partial charge in [-0.1, -0.05) is 45.0 Å². The molecule has 4 heteroatoms. The van der Waals surface area contributed by atoms with E-state index in [9.17, 15) is 4.79 Å². The minimum atomic E-state index is -0.513. The van der Waals surface area contributed by atoms with E-state index in [1.165, 1.54) is 5.56 Å². The first-order chi connectivity index (χ1) is 13.0. The van der Waals surface area contributed by atoms with Crippen molar-refractivity contribution < 1.29 is 9.53 Å². The van der Waals surface area contributed by atoms with Gasteiger partial charge in [0.15, 0.2) is 6.10 Å². The van der Waals surface area contributed by atoms with Gasteiger partial charge in [0.1, 0.15) is 5.75 Å². The first-order valence-electron chi connectivity index (χ1n) is 9.82. The van der Waals surface area contributed by atoms with Gasteiger partial charge in [-0.15, -0.1) is 0 Å². The fraction of sp³-hybridized carbons (Fsp3) is 0.435. The van der Waals surface area contributed by atoms with E-state index in [2.05, 4.69) is 36.2 Å². The summed E-state index contributed by atoms with van der Waals surface area (Å²) in [5.41, 5.74) is 4.20. The van der Waals surface area contributed by atoms with Crippen molar-refractivity contribution in [1.29, 1.82) is 0 Å². The average molecular weight is 369 g/mol. The lowest BCUT2D eigenvalue weighted by molar-refractivity contribution is -0.122. The number of hydrogen-bond donors (Lipinski definition) is 1. The molecule has 2 aromatic carbocycles. The summed E-state index contributed by atoms with van der Waals surface area (Å²) in [6.45, 7) is 13.3. The Bertz CT molecular complexity index is 737. The van der Waals surface area contributed by atoms with Gasteiger partial charge in [0.2, 0.25) is 0 Å². The van der Waals surface area contributed by atoms with Crippen molar-refractivity contribution in [3.05, 3.63) is 59.2 Å². The molecule has 1 N–H and O–H groups in total. The van der Waals surface area contributed by atoms with Crippen LogP contribution in [-0.2, 0) is 11.3 Å². The quantitative estimate of drug-likeness (QED) is 0.681. The lowest BCUT2D eigenvalue weighted by atomic mass is 10.1. The number of rotatable bonds is 9. The van der Waals surface area contributed by atoms with E-state index in [1.54, 1.807) is 0 Å². The Labute approximate surface area is 163 Å². The Hall–Kier alpha value is -2.33. The Morgan fingerprint density at radius 3 is 2.30 bits per heavy atom. The van der Waals surface area contributed by atoms with Crippen molar-refractivity contribution in [3.63, 3.8) is 0 Å². The molecule has 2 aromatic rings. The molecule has 27 heavy (non-hydrogen) atoms. The maximum absolute atomic E-state index is 12.7. The zero-order valence-corrected chi connectivity index (χ0v) is 17.2. The van der Waals surface area contributed by atoms with Gasteiger partial charge < -0.3 is 10.1 Å². The Morgan fingerprint density at radius 1 is 1.04 bits per heavy atom. The van der Waals surface area contributed by atoms with Crippen LogP contribution in [0.5, 0.6) is 5.75 Å². The van der Waals surface area contributed by atoms with Crippen LogP contribution in [0.15, 0.2) is 42.5 Å². The standard InChI is InChI=1S/C23H32N2O2/c1-6-21(27-22-15-17(4)9-10-18(22)5)23(26)24-20-13-11-19(12-14-20)16-25(7-2)8-3/h9-15,21H,6-8,16H2,1-5H3,(H,24,26)/t21-/m1/s1. The number of benzene rings is 2. The number of aryl methyl sites for hydroxylation is 2. The van der Waals surface area contributed by atoms with Crippen molar-refractivity contribution in [2.24, 2.45) is 0 Å². The van der Waals surface area contributed by atoms with Crippen LogP contribution < -0.4 is 10.1 Å². The van der Waals surface area contributed by atoms with Gasteiger partial charge in [0, 0.05) is 12.2 Å². The van der Waals surface area contributed by atoms with E-state index >= 15 is 0 Å². The number of carbonyl (C=O) groups excluding carboxylic acids is 1. The van der Waals surface area contributed by atoms with Crippen LogP contribution in [0.2, 0.25) is 0 Å². The summed E-state index contributed by atoms with van der Waals surface area (Å²) < 4.78 is 6.00. The van der Waals surface area contributed by atoms with Crippen LogP contribution in [0.25, 0.3) is 0 Å². The van der Waals surface area contributed by atoms with Crippen LogP contribution in [0.3, 0.4) is 0 Å². The third-order valence-electron chi connectivity index (χ3n) is 4.80. The molecule has 0 aromatic heterocycles. The van der Waals surface area contributed by atoms with Gasteiger partial charge in [-0.25, -0.2) is 0 Å². The molecule has 4 nitrogen and oxygen atoms in total. The van der Waals surface area contributed by atoms with Crippen molar-refractivity contribution in [1.82, 2.24) is 4.90 Å². The lowest BCUT2D eigenvalue weighted by Gasteiger charge is -2.20. The highest BCUT2D eigenvalue weighted by Crippen LogP contribution is 2.22. The summed E-state index contributed by atoms with van der Waals surface area (Å²) in [5.74, 6) is 0.654. The van der Waals surface area contributed by atoms with Gasteiger partial charge in [-0.05, 0) is 68.2 Å². The van der Waals surface area contributed by atoms with Crippen molar-refractivity contribution in [3.8, 4) is 5.75 Å². The predicted molar refractivity (Wildman–Crippen MR) is 112 cm³/mol. The summed E-state index contributed by atoms with van der Waals surface area (Å²) in [6, 6.07) is 14.1. The molecule has 2 rings (SSSR count). The molecular weight excluding hydrogens is 336 g/mol. The molecule has 0 aliphatic heterocycles. The molecule has 0 fully saturated rings. The van der Waals surface area contributed by atoms with Gasteiger partial charge in [-0.2, -0.15) is 0 Å². The highest BCUT2D eigenvalue weighted by molar-refractivity contribution is 5.94. The number of amides is 1. The normalized spacial score (nSPS) is 12.1. The highest BCUT2D eigenvalue weighted by Gasteiger charge is 2.19. The largest absolute Gasteiger partial charge is 0.480 e. The van der Waals surface area contributed by atoms with Crippen LogP contribution in [0.1, 0.15) is 43.9 Å². The maximum Gasteiger partial charge on any atom is 0.265 e. The van der Waals surface area contributed by atoms with Crippen LogP contribution in [0, 0.1) is 13.8 Å². The topological polar surface area (TPSA) is 41.6 Å². The van der Waals surface area contributed by atoms with E-state index in [0.29, 0.717) is 6.42 Å². The van der Waals surface area contributed by atoms with Gasteiger partial charge >= 0.3 is 0 Å². The molecule has 0 aliphatic carbocycles. The molecular formula is C23H32N2O2. The van der Waals surface area contributed by atoms with Gasteiger partial charge in [0.25, 0.3) is 5.91 Å². The molecule has 146 valence electrons. The maximum atomic E-state index is 12.7. The zero-order chi connectivity index (χ0) is 19.8. The third kappa shape index (κ3) is 6.10. The molecule has 0 aliphatic rings. The number of anilines is 1. The van der Waals surface area contributed by atoms with Crippen molar-refractivity contribution >= 4 is 11.6 Å². The summed E-state index contributed by atoms with van der Waals surface area (Å²) >= 11 is 0. The van der Waals surface area contributed by atoms with Crippen LogP contribution in [0.4, 0.5) is 5.69 Å². The Kier molecular flexibility index (Phi) is 7.86. The fourth-order valence-electron chi connectivity index (χ4n) is 2.93. The summed E-state index contributed by atoms with van der Waals surface area (Å²) in [4.78, 5) is 15.0. The van der Waals surface area contributed by atoms with Gasteiger partial charge in [0.05, 0.1) is 0 Å². The lowest BCUT2D eigenvalue weighted by Crippen LogP contribution is -2.32. The van der Waals surface area contributed by atoms with E-state index in [4.69, 9.17) is 4.74 Å². The predicted octanol–water partition coefficient (Wildman–Crippen LogP) is 4.94. The second kappa shape index (κ2) is 10.1. The summed E-state index contributed by atoms with van der Waals surface area (Å²) in [6.07, 6.45) is 0.0973. The second-order valence-electron chi connectivity index (χ2n) is 6.93. The third-order valence-corrected chi connectivity index (χ3v) is 4.80. The average Bonchev–Trinajstić information content (AvgIpc) is 2.67. The molecule has 0 spiro atoms. The number of nitrogens with zero attached hydrogens (tertiary/aromatic N) is 1. The van der Waals surface area contributed by atoms with E-state index in [-0.39, 0.29) is 5.91 Å². The number of hydrogen-bond acceptors (Lipinski definition) is 3. The van der Waals surface area contributed by atoms with Crippen molar-refractivity contribution in [2.45, 2.75) is 53.7 Å². The summed E-state index contributed by atoms with van der Waals surface area (Å²) in [7, 11) is 0.